The van der Waals surface area contributed by atoms with E-state index in [2.05, 4.69) is 10.5 Å². The van der Waals surface area contributed by atoms with E-state index in [0.29, 0.717) is 16.1 Å². The van der Waals surface area contributed by atoms with Gasteiger partial charge in [0.1, 0.15) is 11.5 Å². The third kappa shape index (κ3) is 2.45. The van der Waals surface area contributed by atoms with E-state index in [1.54, 1.807) is 12.1 Å². The van der Waals surface area contributed by atoms with Gasteiger partial charge in [-0.15, -0.1) is 0 Å². The molecule has 122 valence electrons. The van der Waals surface area contributed by atoms with Crippen molar-refractivity contribution in [3.8, 4) is 5.75 Å². The highest BCUT2D eigenvalue weighted by Crippen LogP contribution is 2.31. The number of nitrogens with zero attached hydrogens (tertiary/aromatic N) is 1. The van der Waals surface area contributed by atoms with Crippen LogP contribution in [0.25, 0.3) is 10.8 Å². The molecule has 0 atom stereocenters. The summed E-state index contributed by atoms with van der Waals surface area (Å²) < 4.78 is 0. The van der Waals surface area contributed by atoms with E-state index in [9.17, 15) is 14.7 Å². The molecule has 0 fully saturated rings. The molecule has 3 aromatic rings. The number of phenols is 1. The monoisotopic (exact) mass is 350 g/mol. The van der Waals surface area contributed by atoms with Crippen molar-refractivity contribution in [2.24, 2.45) is 5.10 Å². The number of rotatable bonds is 2. The fourth-order valence-corrected chi connectivity index (χ4v) is 3.12. The van der Waals surface area contributed by atoms with Crippen LogP contribution in [0, 0.1) is 0 Å². The number of benzene rings is 3. The van der Waals surface area contributed by atoms with Crippen LogP contribution in [0.5, 0.6) is 5.75 Å². The predicted molar refractivity (Wildman–Crippen MR) is 95.4 cm³/mol. The lowest BCUT2D eigenvalue weighted by atomic mass is 10.1. The minimum Gasteiger partial charge on any atom is -0.507 e. The molecule has 0 bridgehead atoms. The minimum atomic E-state index is -0.650. The number of Topliss-reactive ketones (excluding diaryl/α,β-unsaturated/α-hetero) is 1. The van der Waals surface area contributed by atoms with Crippen molar-refractivity contribution in [3.05, 3.63) is 76.3 Å². The Morgan fingerprint density at radius 3 is 2.52 bits per heavy atom. The van der Waals surface area contributed by atoms with Gasteiger partial charge in [-0.2, -0.15) is 5.10 Å². The van der Waals surface area contributed by atoms with Crippen LogP contribution in [-0.2, 0) is 0 Å². The standard InChI is InChI=1S/C19H11ClN2O3/c20-11-7-8-15(23)14(9-11)19(25)22-21-17-12-5-1-3-10-4-2-6-13(16(10)12)18(17)24/h1-9,23H,(H,22,25)/b21-17-. The Bertz CT molecular complexity index is 1080. The molecule has 5 nitrogen and oxygen atoms in total. The maximum absolute atomic E-state index is 12.6. The van der Waals surface area contributed by atoms with Gasteiger partial charge in [0.05, 0.1) is 5.56 Å². The lowest BCUT2D eigenvalue weighted by Gasteiger charge is -2.04. The number of carbonyl (C=O) groups is 2. The van der Waals surface area contributed by atoms with Crippen molar-refractivity contribution in [2.75, 3.05) is 0 Å². The summed E-state index contributed by atoms with van der Waals surface area (Å²) in [5, 5.41) is 15.9. The van der Waals surface area contributed by atoms with E-state index < -0.39 is 5.91 Å². The molecule has 0 spiro atoms. The molecular formula is C19H11ClN2O3. The Kier molecular flexibility index (Phi) is 3.51. The second-order valence-electron chi connectivity index (χ2n) is 5.60. The lowest BCUT2D eigenvalue weighted by molar-refractivity contribution is 0.0952. The van der Waals surface area contributed by atoms with Crippen molar-refractivity contribution in [1.82, 2.24) is 5.43 Å². The summed E-state index contributed by atoms with van der Waals surface area (Å²) in [4.78, 5) is 24.8. The smallest absolute Gasteiger partial charge is 0.275 e. The molecule has 1 aliphatic carbocycles. The van der Waals surface area contributed by atoms with Crippen LogP contribution >= 0.6 is 11.6 Å². The van der Waals surface area contributed by atoms with E-state index in [1.807, 2.05) is 24.3 Å². The summed E-state index contributed by atoms with van der Waals surface area (Å²) in [5.74, 6) is -1.11. The fraction of sp³-hybridized carbons (Fsp3) is 0. The third-order valence-corrected chi connectivity index (χ3v) is 4.33. The van der Waals surface area contributed by atoms with E-state index >= 15 is 0 Å². The molecule has 0 heterocycles. The fourth-order valence-electron chi connectivity index (χ4n) is 2.95. The third-order valence-electron chi connectivity index (χ3n) is 4.09. The molecule has 0 radical (unpaired) electrons. The number of amides is 1. The van der Waals surface area contributed by atoms with E-state index in [1.165, 1.54) is 18.2 Å². The Morgan fingerprint density at radius 1 is 1.04 bits per heavy atom. The van der Waals surface area contributed by atoms with Crippen molar-refractivity contribution in [2.45, 2.75) is 0 Å². The summed E-state index contributed by atoms with van der Waals surface area (Å²) in [5.41, 5.74) is 3.72. The first-order valence-corrected chi connectivity index (χ1v) is 7.87. The zero-order chi connectivity index (χ0) is 17.6. The van der Waals surface area contributed by atoms with Crippen LogP contribution in [0.1, 0.15) is 26.3 Å². The largest absolute Gasteiger partial charge is 0.507 e. The average Bonchev–Trinajstić information content (AvgIpc) is 2.89. The average molecular weight is 351 g/mol. The summed E-state index contributed by atoms with van der Waals surface area (Å²) in [7, 11) is 0. The molecule has 4 rings (SSSR count). The highest BCUT2D eigenvalue weighted by atomic mass is 35.5. The van der Waals surface area contributed by atoms with Gasteiger partial charge in [0.2, 0.25) is 5.78 Å². The maximum atomic E-state index is 12.6. The van der Waals surface area contributed by atoms with E-state index in [-0.39, 0.29) is 22.8 Å². The quantitative estimate of drug-likeness (QED) is 0.694. The Morgan fingerprint density at radius 2 is 1.76 bits per heavy atom. The van der Waals surface area contributed by atoms with Gasteiger partial charge >= 0.3 is 0 Å². The zero-order valence-corrected chi connectivity index (χ0v) is 13.5. The van der Waals surface area contributed by atoms with E-state index in [4.69, 9.17) is 11.6 Å². The molecular weight excluding hydrogens is 340 g/mol. The normalized spacial score (nSPS) is 14.3. The second kappa shape index (κ2) is 5.72. The molecule has 6 heteroatoms. The number of ketones is 1. The van der Waals surface area contributed by atoms with Crippen molar-refractivity contribution in [1.29, 1.82) is 0 Å². The molecule has 1 amide bonds. The van der Waals surface area contributed by atoms with Crippen LogP contribution in [0.4, 0.5) is 0 Å². The summed E-state index contributed by atoms with van der Waals surface area (Å²) >= 11 is 5.85. The molecule has 2 N–H and O–H groups in total. The van der Waals surface area contributed by atoms with Gasteiger partial charge in [-0.25, -0.2) is 5.43 Å². The van der Waals surface area contributed by atoms with Crippen LogP contribution in [0.3, 0.4) is 0 Å². The molecule has 0 saturated heterocycles. The van der Waals surface area contributed by atoms with Crippen LogP contribution in [-0.4, -0.2) is 22.5 Å². The van der Waals surface area contributed by atoms with Crippen LogP contribution < -0.4 is 5.43 Å². The molecule has 0 aromatic heterocycles. The van der Waals surface area contributed by atoms with Gasteiger partial charge in [-0.3, -0.25) is 9.59 Å². The van der Waals surface area contributed by atoms with Crippen LogP contribution in [0.15, 0.2) is 59.7 Å². The van der Waals surface area contributed by atoms with Crippen LogP contribution in [0.2, 0.25) is 5.02 Å². The van der Waals surface area contributed by atoms with Gasteiger partial charge < -0.3 is 5.11 Å². The maximum Gasteiger partial charge on any atom is 0.275 e. The summed E-state index contributed by atoms with van der Waals surface area (Å²) in [6.07, 6.45) is 0. The van der Waals surface area contributed by atoms with Gasteiger partial charge in [-0.05, 0) is 23.6 Å². The number of aromatic hydroxyl groups is 1. The van der Waals surface area contributed by atoms with Crippen molar-refractivity contribution >= 4 is 39.8 Å². The minimum absolute atomic E-state index is 0.0157. The van der Waals surface area contributed by atoms with Gasteiger partial charge in [0.25, 0.3) is 5.91 Å². The van der Waals surface area contributed by atoms with Gasteiger partial charge in [0, 0.05) is 21.5 Å². The number of phenolic OH excluding ortho intramolecular Hbond substituents is 1. The number of hydrazone groups is 1. The summed E-state index contributed by atoms with van der Waals surface area (Å²) in [6, 6.07) is 15.1. The zero-order valence-electron chi connectivity index (χ0n) is 12.8. The lowest BCUT2D eigenvalue weighted by Crippen LogP contribution is -2.22. The van der Waals surface area contributed by atoms with Crippen molar-refractivity contribution in [3.63, 3.8) is 0 Å². The second-order valence-corrected chi connectivity index (χ2v) is 6.04. The number of hydrogen-bond acceptors (Lipinski definition) is 4. The topological polar surface area (TPSA) is 78.8 Å². The highest BCUT2D eigenvalue weighted by molar-refractivity contribution is 6.59. The first kappa shape index (κ1) is 15.4. The molecule has 0 saturated carbocycles. The molecule has 3 aromatic carbocycles. The first-order chi connectivity index (χ1) is 12.1. The summed E-state index contributed by atoms with van der Waals surface area (Å²) in [6.45, 7) is 0. The first-order valence-electron chi connectivity index (χ1n) is 7.49. The number of hydrogen-bond donors (Lipinski definition) is 2. The van der Waals surface area contributed by atoms with Gasteiger partial charge in [-0.1, -0.05) is 48.0 Å². The molecule has 1 aliphatic rings. The number of carbonyl (C=O) groups excluding carboxylic acids is 2. The molecule has 25 heavy (non-hydrogen) atoms. The Labute approximate surface area is 147 Å². The van der Waals surface area contributed by atoms with E-state index in [0.717, 1.165) is 10.8 Å². The number of nitrogens with one attached hydrogen (secondary N) is 1. The van der Waals surface area contributed by atoms with Gasteiger partial charge in [0.15, 0.2) is 0 Å². The Balaban J connectivity index is 1.72. The Hall–Kier alpha value is -3.18. The number of halogens is 1. The molecule has 0 unspecified atom stereocenters. The molecule has 0 aliphatic heterocycles. The predicted octanol–water partition coefficient (Wildman–Crippen LogP) is 3.53. The van der Waals surface area contributed by atoms with Crippen molar-refractivity contribution < 1.29 is 14.7 Å². The highest BCUT2D eigenvalue weighted by Gasteiger charge is 2.29. The SMILES string of the molecule is O=C(N/N=C1\C(=O)c2cccc3cccc1c23)c1cc(Cl)ccc1O.